The topological polar surface area (TPSA) is 59.4 Å². The molecule has 1 N–H and O–H groups in total. The molecule has 0 amide bonds. The van der Waals surface area contributed by atoms with Gasteiger partial charge in [-0.15, -0.1) is 0 Å². The minimum absolute atomic E-state index is 0.250. The molecule has 0 aliphatic carbocycles. The van der Waals surface area contributed by atoms with E-state index in [1.807, 2.05) is 19.9 Å². The van der Waals surface area contributed by atoms with E-state index in [2.05, 4.69) is 4.98 Å². The van der Waals surface area contributed by atoms with Gasteiger partial charge in [0.05, 0.1) is 11.5 Å². The van der Waals surface area contributed by atoms with Crippen molar-refractivity contribution in [1.29, 1.82) is 0 Å². The van der Waals surface area contributed by atoms with E-state index in [0.29, 0.717) is 19.4 Å². The van der Waals surface area contributed by atoms with Crippen molar-refractivity contribution in [2.75, 3.05) is 6.61 Å². The van der Waals surface area contributed by atoms with Crippen molar-refractivity contribution in [1.82, 2.24) is 4.98 Å². The highest BCUT2D eigenvalue weighted by molar-refractivity contribution is 5.76. The molecule has 0 spiro atoms. The molecule has 4 heteroatoms. The molecule has 92 valence electrons. The predicted molar refractivity (Wildman–Crippen MR) is 62.8 cm³/mol. The Labute approximate surface area is 101 Å². The summed E-state index contributed by atoms with van der Waals surface area (Å²) in [4.78, 5) is 15.6. The van der Waals surface area contributed by atoms with Gasteiger partial charge in [0.1, 0.15) is 0 Å². The van der Waals surface area contributed by atoms with Crippen LogP contribution in [0.2, 0.25) is 0 Å². The van der Waals surface area contributed by atoms with Crippen LogP contribution in [-0.2, 0) is 16.0 Å². The number of hydrogen-bond acceptors (Lipinski definition) is 3. The molecule has 0 aromatic carbocycles. The van der Waals surface area contributed by atoms with Crippen molar-refractivity contribution in [3.8, 4) is 0 Å². The summed E-state index contributed by atoms with van der Waals surface area (Å²) in [5, 5.41) is 9.46. The molecular weight excluding hydrogens is 218 g/mol. The second-order valence-corrected chi connectivity index (χ2v) is 4.77. The van der Waals surface area contributed by atoms with Gasteiger partial charge < -0.3 is 9.84 Å². The lowest BCUT2D eigenvalue weighted by molar-refractivity contribution is -0.151. The van der Waals surface area contributed by atoms with Crippen LogP contribution in [0.25, 0.3) is 0 Å². The van der Waals surface area contributed by atoms with Gasteiger partial charge in [-0.3, -0.25) is 9.78 Å². The monoisotopic (exact) mass is 235 g/mol. The van der Waals surface area contributed by atoms with E-state index < -0.39 is 11.4 Å². The standard InChI is InChI=1S/C13H17NO3/c1-9-5-11(8-14-7-9)6-13(12(15)16)3-4-17-10(13)2/h5,7-8,10H,3-4,6H2,1-2H3,(H,15,16). The average molecular weight is 235 g/mol. The smallest absolute Gasteiger partial charge is 0.312 e. The van der Waals surface area contributed by atoms with E-state index in [1.54, 1.807) is 12.4 Å². The second-order valence-electron chi connectivity index (χ2n) is 4.77. The van der Waals surface area contributed by atoms with E-state index in [9.17, 15) is 9.90 Å². The lowest BCUT2D eigenvalue weighted by atomic mass is 9.76. The summed E-state index contributed by atoms with van der Waals surface area (Å²) in [6.45, 7) is 4.32. The molecule has 0 saturated carbocycles. The molecule has 2 atom stereocenters. The van der Waals surface area contributed by atoms with Crippen LogP contribution in [-0.4, -0.2) is 28.8 Å². The van der Waals surface area contributed by atoms with E-state index in [-0.39, 0.29) is 6.10 Å². The summed E-state index contributed by atoms with van der Waals surface area (Å²) in [6.07, 6.45) is 4.31. The Morgan fingerprint density at radius 1 is 1.65 bits per heavy atom. The van der Waals surface area contributed by atoms with Crippen LogP contribution in [0.3, 0.4) is 0 Å². The molecule has 1 aliphatic heterocycles. The van der Waals surface area contributed by atoms with E-state index in [4.69, 9.17) is 4.74 Å². The largest absolute Gasteiger partial charge is 0.481 e. The number of carboxylic acids is 1. The van der Waals surface area contributed by atoms with Gasteiger partial charge in [0, 0.05) is 19.0 Å². The van der Waals surface area contributed by atoms with Crippen molar-refractivity contribution in [2.45, 2.75) is 32.8 Å². The van der Waals surface area contributed by atoms with Crippen LogP contribution in [0, 0.1) is 12.3 Å². The van der Waals surface area contributed by atoms with Gasteiger partial charge in [0.15, 0.2) is 0 Å². The lowest BCUT2D eigenvalue weighted by Crippen LogP contribution is -2.39. The van der Waals surface area contributed by atoms with Gasteiger partial charge in [0.2, 0.25) is 0 Å². The van der Waals surface area contributed by atoms with Crippen LogP contribution >= 0.6 is 0 Å². The first-order valence-electron chi connectivity index (χ1n) is 5.80. The molecule has 2 unspecified atom stereocenters. The summed E-state index contributed by atoms with van der Waals surface area (Å²) in [5.74, 6) is -0.774. The summed E-state index contributed by atoms with van der Waals surface area (Å²) in [5.41, 5.74) is 1.22. The molecular formula is C13H17NO3. The first-order chi connectivity index (χ1) is 8.04. The van der Waals surface area contributed by atoms with Crippen LogP contribution in [0.4, 0.5) is 0 Å². The summed E-state index contributed by atoms with van der Waals surface area (Å²) in [7, 11) is 0. The molecule has 4 nitrogen and oxygen atoms in total. The number of nitrogens with zero attached hydrogens (tertiary/aromatic N) is 1. The first kappa shape index (κ1) is 12.0. The minimum Gasteiger partial charge on any atom is -0.481 e. The van der Waals surface area contributed by atoms with Crippen LogP contribution in [0.15, 0.2) is 18.5 Å². The minimum atomic E-state index is -0.796. The Bertz CT molecular complexity index is 432. The molecule has 2 rings (SSSR count). The maximum absolute atomic E-state index is 11.5. The van der Waals surface area contributed by atoms with Gasteiger partial charge in [-0.1, -0.05) is 6.07 Å². The summed E-state index contributed by atoms with van der Waals surface area (Å²) < 4.78 is 5.43. The fraction of sp³-hybridized carbons (Fsp3) is 0.538. The molecule has 1 fully saturated rings. The normalized spacial score (nSPS) is 28.2. The summed E-state index contributed by atoms with van der Waals surface area (Å²) in [6, 6.07) is 1.99. The Balaban J connectivity index is 2.28. The Morgan fingerprint density at radius 2 is 2.41 bits per heavy atom. The molecule has 0 radical (unpaired) electrons. The Hall–Kier alpha value is -1.42. The maximum Gasteiger partial charge on any atom is 0.312 e. The van der Waals surface area contributed by atoms with Gasteiger partial charge in [0.25, 0.3) is 0 Å². The second kappa shape index (κ2) is 4.45. The van der Waals surface area contributed by atoms with Gasteiger partial charge >= 0.3 is 5.97 Å². The Morgan fingerprint density at radius 3 is 2.94 bits per heavy atom. The molecule has 1 saturated heterocycles. The molecule has 17 heavy (non-hydrogen) atoms. The zero-order chi connectivity index (χ0) is 12.5. The SMILES string of the molecule is Cc1cncc(CC2(C(=O)O)CCOC2C)c1. The third kappa shape index (κ3) is 2.17. The number of rotatable bonds is 3. The quantitative estimate of drug-likeness (QED) is 0.868. The van der Waals surface area contributed by atoms with Crippen molar-refractivity contribution in [2.24, 2.45) is 5.41 Å². The third-order valence-electron chi connectivity index (χ3n) is 3.57. The van der Waals surface area contributed by atoms with Crippen LogP contribution < -0.4 is 0 Å². The number of aromatic nitrogens is 1. The highest BCUT2D eigenvalue weighted by Crippen LogP contribution is 2.38. The van der Waals surface area contributed by atoms with Crippen molar-refractivity contribution in [3.05, 3.63) is 29.6 Å². The lowest BCUT2D eigenvalue weighted by Gasteiger charge is -2.27. The first-order valence-corrected chi connectivity index (χ1v) is 5.80. The molecule has 2 heterocycles. The number of ether oxygens (including phenoxy) is 1. The number of pyridine rings is 1. The fourth-order valence-corrected chi connectivity index (χ4v) is 2.45. The van der Waals surface area contributed by atoms with Crippen LogP contribution in [0.5, 0.6) is 0 Å². The van der Waals surface area contributed by atoms with E-state index in [0.717, 1.165) is 11.1 Å². The van der Waals surface area contributed by atoms with E-state index in [1.165, 1.54) is 0 Å². The average Bonchev–Trinajstić information content (AvgIpc) is 2.61. The van der Waals surface area contributed by atoms with Crippen molar-refractivity contribution < 1.29 is 14.6 Å². The molecule has 0 bridgehead atoms. The maximum atomic E-state index is 11.5. The summed E-state index contributed by atoms with van der Waals surface area (Å²) >= 11 is 0. The van der Waals surface area contributed by atoms with Gasteiger partial charge in [-0.2, -0.15) is 0 Å². The highest BCUT2D eigenvalue weighted by Gasteiger charge is 2.48. The van der Waals surface area contributed by atoms with Gasteiger partial charge in [-0.25, -0.2) is 0 Å². The van der Waals surface area contributed by atoms with Crippen molar-refractivity contribution >= 4 is 5.97 Å². The molecule has 1 aromatic heterocycles. The zero-order valence-electron chi connectivity index (χ0n) is 10.1. The number of carbonyl (C=O) groups is 1. The Kier molecular flexibility index (Phi) is 3.15. The van der Waals surface area contributed by atoms with E-state index >= 15 is 0 Å². The highest BCUT2D eigenvalue weighted by atomic mass is 16.5. The number of aliphatic carboxylic acids is 1. The molecule has 1 aliphatic rings. The number of aryl methyl sites for hydroxylation is 1. The van der Waals surface area contributed by atoms with Crippen molar-refractivity contribution in [3.63, 3.8) is 0 Å². The molecule has 1 aromatic rings. The number of carboxylic acid groups (broad SMARTS) is 1. The van der Waals surface area contributed by atoms with Gasteiger partial charge in [-0.05, 0) is 37.8 Å². The fourth-order valence-electron chi connectivity index (χ4n) is 2.45. The zero-order valence-corrected chi connectivity index (χ0v) is 10.1. The third-order valence-corrected chi connectivity index (χ3v) is 3.57. The number of hydrogen-bond donors (Lipinski definition) is 1. The van der Waals surface area contributed by atoms with Crippen LogP contribution in [0.1, 0.15) is 24.5 Å². The predicted octanol–water partition coefficient (Wildman–Crippen LogP) is 1.81.